The molecule has 0 N–H and O–H groups in total. The Hall–Kier alpha value is -1.10. The van der Waals surface area contributed by atoms with Gasteiger partial charge in [0.25, 0.3) is 0 Å². The molecule has 2 aliphatic rings. The first-order valence-corrected chi connectivity index (χ1v) is 11.9. The molecule has 0 saturated carbocycles. The van der Waals surface area contributed by atoms with Crippen LogP contribution in [-0.2, 0) is 6.54 Å². The predicted molar refractivity (Wildman–Crippen MR) is 126 cm³/mol. The van der Waals surface area contributed by atoms with Crippen LogP contribution in [0.2, 0.25) is 0 Å². The molecule has 164 valence electrons. The Labute approximate surface area is 179 Å². The Morgan fingerprint density at radius 2 is 1.41 bits per heavy atom. The Morgan fingerprint density at radius 3 is 1.93 bits per heavy atom. The lowest BCUT2D eigenvalue weighted by molar-refractivity contribution is 0.0832. The van der Waals surface area contributed by atoms with E-state index in [0.29, 0.717) is 12.1 Å². The van der Waals surface area contributed by atoms with Crippen LogP contribution in [0.5, 0.6) is 0 Å². The monoisotopic (exact) mass is 400 g/mol. The number of rotatable bonds is 7. The Bertz CT molecular complexity index is 596. The second-order valence-electron chi connectivity index (χ2n) is 9.95. The standard InChI is InChI=1S/C25H44N4/c1-20(2)22(5)28-13-11-24(12-14-28)26(6)19-23-7-9-25(10-8-23)29-17-15-27(16-18-29)21(3)4/h7-10,20-22,24H,11-19H2,1-6H3. The molecule has 4 nitrogen and oxygen atoms in total. The van der Waals surface area contributed by atoms with Gasteiger partial charge in [-0.3, -0.25) is 9.80 Å². The van der Waals surface area contributed by atoms with Crippen molar-refractivity contribution in [1.82, 2.24) is 14.7 Å². The number of piperazine rings is 1. The van der Waals surface area contributed by atoms with Crippen molar-refractivity contribution in [3.63, 3.8) is 0 Å². The maximum atomic E-state index is 2.68. The van der Waals surface area contributed by atoms with Crippen LogP contribution < -0.4 is 4.90 Å². The van der Waals surface area contributed by atoms with Crippen molar-refractivity contribution in [3.8, 4) is 0 Å². The molecule has 1 atom stereocenters. The first kappa shape index (κ1) is 22.6. The van der Waals surface area contributed by atoms with E-state index in [4.69, 9.17) is 0 Å². The second-order valence-corrected chi connectivity index (χ2v) is 9.95. The van der Waals surface area contributed by atoms with Crippen LogP contribution in [0.4, 0.5) is 5.69 Å². The Balaban J connectivity index is 1.46. The maximum Gasteiger partial charge on any atom is 0.0367 e. The number of benzene rings is 1. The lowest BCUT2D eigenvalue weighted by Gasteiger charge is -2.40. The van der Waals surface area contributed by atoms with Gasteiger partial charge in [0.05, 0.1) is 0 Å². The molecular formula is C25H44N4. The first-order chi connectivity index (χ1) is 13.8. The number of hydrogen-bond donors (Lipinski definition) is 0. The molecule has 1 unspecified atom stereocenters. The first-order valence-electron chi connectivity index (χ1n) is 11.9. The molecule has 1 aromatic rings. The van der Waals surface area contributed by atoms with Gasteiger partial charge in [-0.15, -0.1) is 0 Å². The summed E-state index contributed by atoms with van der Waals surface area (Å²) in [4.78, 5) is 10.4. The van der Waals surface area contributed by atoms with Gasteiger partial charge >= 0.3 is 0 Å². The van der Waals surface area contributed by atoms with E-state index < -0.39 is 0 Å². The molecule has 4 heteroatoms. The zero-order valence-corrected chi connectivity index (χ0v) is 19.8. The third-order valence-corrected chi connectivity index (χ3v) is 7.44. The number of piperidine rings is 1. The highest BCUT2D eigenvalue weighted by Gasteiger charge is 2.26. The minimum absolute atomic E-state index is 0.663. The topological polar surface area (TPSA) is 13.0 Å². The van der Waals surface area contributed by atoms with E-state index in [9.17, 15) is 0 Å². The van der Waals surface area contributed by atoms with Gasteiger partial charge in [0.2, 0.25) is 0 Å². The van der Waals surface area contributed by atoms with Crippen molar-refractivity contribution in [2.75, 3.05) is 51.2 Å². The highest BCUT2D eigenvalue weighted by atomic mass is 15.3. The summed E-state index contributed by atoms with van der Waals surface area (Å²) in [5.74, 6) is 0.746. The molecule has 0 spiro atoms. The van der Waals surface area contributed by atoms with E-state index in [1.54, 1.807) is 0 Å². The van der Waals surface area contributed by atoms with Gasteiger partial charge < -0.3 is 9.80 Å². The molecule has 0 aliphatic carbocycles. The second kappa shape index (κ2) is 10.3. The van der Waals surface area contributed by atoms with E-state index in [0.717, 1.165) is 31.6 Å². The summed E-state index contributed by atoms with van der Waals surface area (Å²) in [5, 5.41) is 0. The summed E-state index contributed by atoms with van der Waals surface area (Å²) in [6.07, 6.45) is 2.59. The Morgan fingerprint density at radius 1 is 0.828 bits per heavy atom. The van der Waals surface area contributed by atoms with Gasteiger partial charge in [0, 0.05) is 56.5 Å². The fourth-order valence-electron chi connectivity index (χ4n) is 4.88. The molecule has 2 fully saturated rings. The molecule has 1 aromatic carbocycles. The summed E-state index contributed by atoms with van der Waals surface area (Å²) in [5.41, 5.74) is 2.82. The Kier molecular flexibility index (Phi) is 8.00. The van der Waals surface area contributed by atoms with E-state index in [2.05, 4.69) is 85.5 Å². The van der Waals surface area contributed by atoms with Gasteiger partial charge in [0.15, 0.2) is 0 Å². The van der Waals surface area contributed by atoms with E-state index in [1.165, 1.54) is 50.3 Å². The fourth-order valence-corrected chi connectivity index (χ4v) is 4.88. The minimum atomic E-state index is 0.663. The van der Waals surface area contributed by atoms with Crippen molar-refractivity contribution in [2.24, 2.45) is 5.92 Å². The third-order valence-electron chi connectivity index (χ3n) is 7.44. The molecule has 0 radical (unpaired) electrons. The lowest BCUT2D eigenvalue weighted by atomic mass is 9.97. The lowest BCUT2D eigenvalue weighted by Crippen LogP contribution is -2.48. The minimum Gasteiger partial charge on any atom is -0.369 e. The van der Waals surface area contributed by atoms with Gasteiger partial charge in [-0.2, -0.15) is 0 Å². The largest absolute Gasteiger partial charge is 0.369 e. The average molecular weight is 401 g/mol. The summed E-state index contributed by atoms with van der Waals surface area (Å²) in [6.45, 7) is 19.9. The predicted octanol–water partition coefficient (Wildman–Crippen LogP) is 4.16. The number of hydrogen-bond acceptors (Lipinski definition) is 4. The van der Waals surface area contributed by atoms with Crippen molar-refractivity contribution < 1.29 is 0 Å². The van der Waals surface area contributed by atoms with Crippen molar-refractivity contribution in [3.05, 3.63) is 29.8 Å². The third kappa shape index (κ3) is 5.96. The van der Waals surface area contributed by atoms with Crippen LogP contribution in [0.15, 0.2) is 24.3 Å². The summed E-state index contributed by atoms with van der Waals surface area (Å²) >= 11 is 0. The van der Waals surface area contributed by atoms with Crippen LogP contribution >= 0.6 is 0 Å². The summed E-state index contributed by atoms with van der Waals surface area (Å²) < 4.78 is 0. The van der Waals surface area contributed by atoms with Gasteiger partial charge in [-0.05, 0) is 77.4 Å². The van der Waals surface area contributed by atoms with Crippen molar-refractivity contribution in [1.29, 1.82) is 0 Å². The van der Waals surface area contributed by atoms with E-state index in [1.807, 2.05) is 0 Å². The quantitative estimate of drug-likeness (QED) is 0.681. The smallest absolute Gasteiger partial charge is 0.0367 e. The number of anilines is 1. The zero-order valence-electron chi connectivity index (χ0n) is 19.8. The van der Waals surface area contributed by atoms with Gasteiger partial charge in [-0.25, -0.2) is 0 Å². The molecule has 2 saturated heterocycles. The van der Waals surface area contributed by atoms with Crippen LogP contribution in [0.1, 0.15) is 53.0 Å². The molecule has 29 heavy (non-hydrogen) atoms. The fraction of sp³-hybridized carbons (Fsp3) is 0.760. The molecule has 3 rings (SSSR count). The van der Waals surface area contributed by atoms with Crippen LogP contribution in [0.3, 0.4) is 0 Å². The normalized spacial score (nSPS) is 21.5. The van der Waals surface area contributed by atoms with Gasteiger partial charge in [0.1, 0.15) is 0 Å². The molecule has 2 aliphatic heterocycles. The van der Waals surface area contributed by atoms with Crippen molar-refractivity contribution in [2.45, 2.75) is 72.1 Å². The highest BCUT2D eigenvalue weighted by molar-refractivity contribution is 5.48. The molecule has 0 bridgehead atoms. The zero-order chi connectivity index (χ0) is 21.0. The molecular weight excluding hydrogens is 356 g/mol. The van der Waals surface area contributed by atoms with Crippen molar-refractivity contribution >= 4 is 5.69 Å². The molecule has 0 amide bonds. The SMILES string of the molecule is CC(C)C(C)N1CCC(N(C)Cc2ccc(N3CCN(C(C)C)CC3)cc2)CC1. The van der Waals surface area contributed by atoms with Gasteiger partial charge in [-0.1, -0.05) is 26.0 Å². The van der Waals surface area contributed by atoms with E-state index in [-0.39, 0.29) is 0 Å². The van der Waals surface area contributed by atoms with Crippen LogP contribution in [0.25, 0.3) is 0 Å². The highest BCUT2D eigenvalue weighted by Crippen LogP contribution is 2.23. The van der Waals surface area contributed by atoms with Crippen LogP contribution in [0, 0.1) is 5.92 Å². The molecule has 2 heterocycles. The van der Waals surface area contributed by atoms with E-state index >= 15 is 0 Å². The average Bonchev–Trinajstić information content (AvgIpc) is 2.74. The molecule has 0 aromatic heterocycles. The van der Waals surface area contributed by atoms with Crippen LogP contribution in [-0.4, -0.2) is 79.1 Å². The summed E-state index contributed by atoms with van der Waals surface area (Å²) in [7, 11) is 2.31. The number of likely N-dealkylation sites (tertiary alicyclic amines) is 1. The number of nitrogens with zero attached hydrogens (tertiary/aromatic N) is 4. The maximum absolute atomic E-state index is 2.68. The summed E-state index contributed by atoms with van der Waals surface area (Å²) in [6, 6.07) is 11.4.